The molecule has 1 saturated heterocycles. The number of rotatable bonds is 8. The first-order chi connectivity index (χ1) is 19.9. The van der Waals surface area contributed by atoms with Crippen LogP contribution in [0.4, 0.5) is 0 Å². The zero-order valence-electron chi connectivity index (χ0n) is 21.5. The maximum Gasteiger partial charge on any atom is 0.338 e. The van der Waals surface area contributed by atoms with E-state index in [1.807, 2.05) is 0 Å². The van der Waals surface area contributed by atoms with Gasteiger partial charge in [0.15, 0.2) is 18.4 Å². The zero-order valence-corrected chi connectivity index (χ0v) is 22.3. The number of carbonyl (C=O) groups is 3. The molecule has 208 valence electrons. The van der Waals surface area contributed by atoms with Gasteiger partial charge in [-0.3, -0.25) is 9.55 Å². The van der Waals surface area contributed by atoms with Crippen LogP contribution < -0.4 is 5.69 Å². The Morgan fingerprint density at radius 1 is 0.732 bits per heavy atom. The predicted octanol–water partition coefficient (Wildman–Crippen LogP) is 4.11. The lowest BCUT2D eigenvalue weighted by Crippen LogP contribution is -2.42. The molecule has 10 nitrogen and oxygen atoms in total. The predicted molar refractivity (Wildman–Crippen MR) is 148 cm³/mol. The summed E-state index contributed by atoms with van der Waals surface area (Å²) in [5, 5.41) is 0. The summed E-state index contributed by atoms with van der Waals surface area (Å²) in [5.74, 6) is -2.09. The number of aromatic nitrogens is 2. The van der Waals surface area contributed by atoms with E-state index in [2.05, 4.69) is 4.98 Å². The van der Waals surface area contributed by atoms with E-state index >= 15 is 0 Å². The lowest BCUT2D eigenvalue weighted by Gasteiger charge is -2.25. The second-order valence-electron chi connectivity index (χ2n) is 9.02. The Labute approximate surface area is 239 Å². The number of ether oxygens (including phenoxy) is 4. The number of aromatic amines is 1. The first-order valence-electron chi connectivity index (χ1n) is 12.6. The molecular formula is C30H24N2O8S. The molecule has 4 atom stereocenters. The third-order valence-corrected chi connectivity index (χ3v) is 6.54. The van der Waals surface area contributed by atoms with Crippen molar-refractivity contribution in [3.63, 3.8) is 0 Å². The van der Waals surface area contributed by atoms with Gasteiger partial charge in [-0.2, -0.15) is 0 Å². The molecule has 0 amide bonds. The van der Waals surface area contributed by atoms with Crippen LogP contribution in [0.2, 0.25) is 0 Å². The smallest absolute Gasteiger partial charge is 0.338 e. The van der Waals surface area contributed by atoms with Crippen molar-refractivity contribution in [1.82, 2.24) is 9.55 Å². The molecule has 0 saturated carbocycles. The Balaban J connectivity index is 1.50. The number of benzene rings is 3. The molecule has 0 radical (unpaired) electrons. The SMILES string of the molecule is O=C(OC[C@H]1O[C@@H](n2ccc(=S)[nH]c2=O)[C@@H](OC(=O)c2ccccc2)[C@H]1OC(=O)c1ccccc1)c1ccccc1. The van der Waals surface area contributed by atoms with Gasteiger partial charge in [0.1, 0.15) is 17.4 Å². The van der Waals surface area contributed by atoms with Gasteiger partial charge >= 0.3 is 23.6 Å². The molecule has 1 N–H and O–H groups in total. The summed E-state index contributed by atoms with van der Waals surface area (Å²) >= 11 is 5.05. The molecule has 3 aromatic carbocycles. The summed E-state index contributed by atoms with van der Waals surface area (Å²) < 4.78 is 24.6. The molecule has 1 aromatic heterocycles. The lowest BCUT2D eigenvalue weighted by atomic mass is 10.1. The summed E-state index contributed by atoms with van der Waals surface area (Å²) in [6, 6.07) is 26.2. The molecule has 41 heavy (non-hydrogen) atoms. The number of nitrogens with one attached hydrogen (secondary N) is 1. The third kappa shape index (κ3) is 6.48. The second-order valence-corrected chi connectivity index (χ2v) is 9.46. The largest absolute Gasteiger partial charge is 0.459 e. The molecule has 0 unspecified atom stereocenters. The van der Waals surface area contributed by atoms with Crippen molar-refractivity contribution in [2.24, 2.45) is 0 Å². The average molecular weight is 573 g/mol. The Kier molecular flexibility index (Phi) is 8.47. The van der Waals surface area contributed by atoms with E-state index in [0.29, 0.717) is 5.56 Å². The van der Waals surface area contributed by atoms with Gasteiger partial charge in [0, 0.05) is 6.20 Å². The van der Waals surface area contributed by atoms with E-state index in [9.17, 15) is 19.2 Å². The van der Waals surface area contributed by atoms with Crippen LogP contribution in [0, 0.1) is 4.64 Å². The summed E-state index contributed by atoms with van der Waals surface area (Å²) in [6.07, 6.45) is -3.55. The van der Waals surface area contributed by atoms with Crippen LogP contribution in [0.25, 0.3) is 0 Å². The monoisotopic (exact) mass is 572 g/mol. The van der Waals surface area contributed by atoms with Gasteiger partial charge in [0.25, 0.3) is 0 Å². The quantitative estimate of drug-likeness (QED) is 0.189. The second kappa shape index (κ2) is 12.5. The summed E-state index contributed by atoms with van der Waals surface area (Å²) in [4.78, 5) is 54.4. The van der Waals surface area contributed by atoms with E-state index in [4.69, 9.17) is 31.2 Å². The van der Waals surface area contributed by atoms with Crippen LogP contribution in [0.5, 0.6) is 0 Å². The maximum atomic E-state index is 13.2. The highest BCUT2D eigenvalue weighted by Crippen LogP contribution is 2.34. The number of hydrogen-bond donors (Lipinski definition) is 1. The molecule has 1 aliphatic heterocycles. The minimum Gasteiger partial charge on any atom is -0.459 e. The molecule has 11 heteroatoms. The van der Waals surface area contributed by atoms with Gasteiger partial charge < -0.3 is 18.9 Å². The lowest BCUT2D eigenvalue weighted by molar-refractivity contribution is -0.0639. The standard InChI is InChI=1S/C30H24N2O8S/c33-27(19-10-4-1-5-11-19)37-18-22-24(39-28(34)20-12-6-2-7-13-20)25(40-29(35)21-14-8-3-9-15-21)26(38-22)32-17-16-23(41)31-30(32)36/h1-17,22,24-26H,18H2,(H,31,36,41)/t22-,24+,25+,26-/m1/s1. The van der Waals surface area contributed by atoms with Gasteiger partial charge in [-0.25, -0.2) is 19.2 Å². The molecule has 0 bridgehead atoms. The highest BCUT2D eigenvalue weighted by atomic mass is 32.1. The molecule has 0 spiro atoms. The van der Waals surface area contributed by atoms with Crippen LogP contribution in [0.3, 0.4) is 0 Å². The molecule has 0 aliphatic carbocycles. The van der Waals surface area contributed by atoms with Crippen LogP contribution in [0.1, 0.15) is 37.3 Å². The van der Waals surface area contributed by atoms with E-state index < -0.39 is 48.1 Å². The highest BCUT2D eigenvalue weighted by Gasteiger charge is 2.51. The number of hydrogen-bond acceptors (Lipinski definition) is 9. The zero-order chi connectivity index (χ0) is 28.8. The van der Waals surface area contributed by atoms with Crippen molar-refractivity contribution >= 4 is 30.1 Å². The van der Waals surface area contributed by atoms with Crippen molar-refractivity contribution in [2.45, 2.75) is 24.5 Å². The van der Waals surface area contributed by atoms with Crippen molar-refractivity contribution in [3.05, 3.63) is 135 Å². The van der Waals surface area contributed by atoms with E-state index in [1.54, 1.807) is 91.0 Å². The van der Waals surface area contributed by atoms with Crippen LogP contribution >= 0.6 is 12.2 Å². The molecule has 1 aliphatic rings. The van der Waals surface area contributed by atoms with Crippen LogP contribution in [-0.2, 0) is 18.9 Å². The normalized spacial score (nSPS) is 19.7. The van der Waals surface area contributed by atoms with Crippen molar-refractivity contribution in [2.75, 3.05) is 6.61 Å². The Hall–Kier alpha value is -4.87. The Morgan fingerprint density at radius 3 is 1.73 bits per heavy atom. The van der Waals surface area contributed by atoms with E-state index in [0.717, 1.165) is 4.57 Å². The number of H-pyrrole nitrogens is 1. The highest BCUT2D eigenvalue weighted by molar-refractivity contribution is 7.71. The van der Waals surface area contributed by atoms with Gasteiger partial charge in [0.05, 0.1) is 16.7 Å². The van der Waals surface area contributed by atoms with Crippen molar-refractivity contribution in [3.8, 4) is 0 Å². The fraction of sp³-hybridized carbons (Fsp3) is 0.167. The molecule has 2 heterocycles. The minimum absolute atomic E-state index is 0.183. The molecule has 5 rings (SSSR count). The Bertz CT molecular complexity index is 1640. The van der Waals surface area contributed by atoms with Gasteiger partial charge in [0.2, 0.25) is 0 Å². The van der Waals surface area contributed by atoms with Gasteiger partial charge in [-0.05, 0) is 42.5 Å². The van der Waals surface area contributed by atoms with Crippen molar-refractivity contribution in [1.29, 1.82) is 0 Å². The van der Waals surface area contributed by atoms with E-state index in [-0.39, 0.29) is 22.4 Å². The summed E-state index contributed by atoms with van der Waals surface area (Å²) in [5.41, 5.74) is 0.139. The maximum absolute atomic E-state index is 13.2. The molecule has 4 aromatic rings. The first-order valence-corrected chi connectivity index (χ1v) is 13.0. The van der Waals surface area contributed by atoms with Crippen LogP contribution in [0.15, 0.2) is 108 Å². The fourth-order valence-electron chi connectivity index (χ4n) is 4.31. The average Bonchev–Trinajstić information content (AvgIpc) is 3.33. The molecule has 1 fully saturated rings. The van der Waals surface area contributed by atoms with Gasteiger partial charge in [-0.15, -0.1) is 0 Å². The Morgan fingerprint density at radius 2 is 1.22 bits per heavy atom. The van der Waals surface area contributed by atoms with Gasteiger partial charge in [-0.1, -0.05) is 66.8 Å². The fourth-order valence-corrected chi connectivity index (χ4v) is 4.46. The number of esters is 3. The summed E-state index contributed by atoms with van der Waals surface area (Å²) in [6.45, 7) is -0.367. The topological polar surface area (TPSA) is 126 Å². The minimum atomic E-state index is -1.31. The first kappa shape index (κ1) is 27.7. The van der Waals surface area contributed by atoms with Crippen molar-refractivity contribution < 1.29 is 33.3 Å². The molecular weight excluding hydrogens is 548 g/mol. The number of carbonyl (C=O) groups excluding carboxylic acids is 3. The summed E-state index contributed by atoms with van der Waals surface area (Å²) in [7, 11) is 0. The van der Waals surface area contributed by atoms with Crippen LogP contribution in [-0.4, -0.2) is 52.4 Å². The third-order valence-electron chi connectivity index (χ3n) is 6.30. The number of nitrogens with zero attached hydrogens (tertiary/aromatic N) is 1. The van der Waals surface area contributed by atoms with E-state index in [1.165, 1.54) is 12.3 Å².